The number of hydrogen-bond donors (Lipinski definition) is 3. The lowest BCUT2D eigenvalue weighted by Gasteiger charge is -2.18. The van der Waals surface area contributed by atoms with Gasteiger partial charge in [0.25, 0.3) is 11.8 Å². The summed E-state index contributed by atoms with van der Waals surface area (Å²) in [5.74, 6) is -2.69. The van der Waals surface area contributed by atoms with Crippen molar-refractivity contribution in [2.24, 2.45) is 5.73 Å². The first kappa shape index (κ1) is 17.3. The molecule has 9 heteroatoms. The Morgan fingerprint density at radius 1 is 1.09 bits per heavy atom. The molecule has 0 aliphatic carbocycles. The molecule has 5 amide bonds. The molecule has 0 aromatic rings. The lowest BCUT2D eigenvalue weighted by atomic mass is 10.2. The Morgan fingerprint density at radius 2 is 1.64 bits per heavy atom. The van der Waals surface area contributed by atoms with Crippen molar-refractivity contribution in [1.29, 1.82) is 0 Å². The Bertz CT molecular complexity index is 525. The van der Waals surface area contributed by atoms with Crippen molar-refractivity contribution in [3.8, 4) is 0 Å². The minimum absolute atomic E-state index is 0.0669. The highest BCUT2D eigenvalue weighted by atomic mass is 16.2. The van der Waals surface area contributed by atoms with Gasteiger partial charge in [-0.3, -0.25) is 28.9 Å². The maximum atomic E-state index is 11.7. The third-order valence-electron chi connectivity index (χ3n) is 3.02. The van der Waals surface area contributed by atoms with E-state index in [1.165, 1.54) is 13.8 Å². The van der Waals surface area contributed by atoms with Crippen molar-refractivity contribution < 1.29 is 24.0 Å². The molecular weight excluding hydrogens is 292 g/mol. The van der Waals surface area contributed by atoms with E-state index in [4.69, 9.17) is 5.73 Å². The number of carbonyl (C=O) groups is 5. The molecule has 1 unspecified atom stereocenters. The van der Waals surface area contributed by atoms with Crippen LogP contribution in [0.2, 0.25) is 0 Å². The molecule has 0 fully saturated rings. The SMILES string of the molecule is CC(NC(=O)[C@H](C)NC(=O)CCN1C(=O)C=CC1=O)C(N)=O. The number of nitrogens with two attached hydrogens (primary N) is 1. The minimum Gasteiger partial charge on any atom is -0.368 e. The van der Waals surface area contributed by atoms with Gasteiger partial charge in [0.1, 0.15) is 12.1 Å². The molecule has 0 aromatic heterocycles. The Morgan fingerprint density at radius 3 is 2.14 bits per heavy atom. The Labute approximate surface area is 126 Å². The molecule has 4 N–H and O–H groups in total. The monoisotopic (exact) mass is 310 g/mol. The first-order valence-electron chi connectivity index (χ1n) is 6.65. The molecule has 1 rings (SSSR count). The number of rotatable bonds is 7. The summed E-state index contributed by atoms with van der Waals surface area (Å²) >= 11 is 0. The summed E-state index contributed by atoms with van der Waals surface area (Å²) in [6.07, 6.45) is 2.13. The van der Waals surface area contributed by atoms with Crippen LogP contribution in [-0.2, 0) is 24.0 Å². The number of carbonyl (C=O) groups excluding carboxylic acids is 5. The predicted molar refractivity (Wildman–Crippen MR) is 74.9 cm³/mol. The van der Waals surface area contributed by atoms with Gasteiger partial charge < -0.3 is 16.4 Å². The Kier molecular flexibility index (Phi) is 5.79. The van der Waals surface area contributed by atoms with Crippen molar-refractivity contribution >= 4 is 29.5 Å². The molecule has 1 heterocycles. The molecule has 0 bridgehead atoms. The van der Waals surface area contributed by atoms with E-state index in [0.29, 0.717) is 0 Å². The second-order valence-corrected chi connectivity index (χ2v) is 4.83. The third kappa shape index (κ3) is 4.69. The molecule has 120 valence electrons. The molecule has 0 saturated carbocycles. The fourth-order valence-electron chi connectivity index (χ4n) is 1.65. The largest absolute Gasteiger partial charge is 0.368 e. The summed E-state index contributed by atoms with van der Waals surface area (Å²) in [5, 5.41) is 4.74. The van der Waals surface area contributed by atoms with E-state index in [0.717, 1.165) is 17.1 Å². The molecule has 9 nitrogen and oxygen atoms in total. The van der Waals surface area contributed by atoms with E-state index in [2.05, 4.69) is 10.6 Å². The quantitative estimate of drug-likeness (QED) is 0.458. The molecule has 0 aromatic carbocycles. The van der Waals surface area contributed by atoms with E-state index in [1.54, 1.807) is 0 Å². The van der Waals surface area contributed by atoms with E-state index in [1.807, 2.05) is 0 Å². The average Bonchev–Trinajstić information content (AvgIpc) is 2.75. The molecule has 1 aliphatic heterocycles. The van der Waals surface area contributed by atoms with Crippen LogP contribution in [-0.4, -0.2) is 53.1 Å². The topological polar surface area (TPSA) is 139 Å². The van der Waals surface area contributed by atoms with E-state index >= 15 is 0 Å². The Balaban J connectivity index is 2.38. The summed E-state index contributed by atoms with van der Waals surface area (Å²) in [5.41, 5.74) is 5.01. The van der Waals surface area contributed by atoms with Gasteiger partial charge in [-0.15, -0.1) is 0 Å². The van der Waals surface area contributed by atoms with Crippen LogP contribution in [0.1, 0.15) is 20.3 Å². The summed E-state index contributed by atoms with van der Waals surface area (Å²) in [7, 11) is 0. The maximum Gasteiger partial charge on any atom is 0.253 e. The van der Waals surface area contributed by atoms with Gasteiger partial charge in [0.15, 0.2) is 0 Å². The highest BCUT2D eigenvalue weighted by Gasteiger charge is 2.24. The van der Waals surface area contributed by atoms with Gasteiger partial charge in [-0.05, 0) is 13.8 Å². The first-order chi connectivity index (χ1) is 10.2. The number of nitrogens with one attached hydrogen (secondary N) is 2. The van der Waals surface area contributed by atoms with Crippen LogP contribution in [0.4, 0.5) is 0 Å². The van der Waals surface area contributed by atoms with Crippen molar-refractivity contribution in [1.82, 2.24) is 15.5 Å². The van der Waals surface area contributed by atoms with Crippen molar-refractivity contribution in [2.75, 3.05) is 6.54 Å². The number of imide groups is 1. The normalized spacial score (nSPS) is 16.4. The second kappa shape index (κ2) is 7.34. The van der Waals surface area contributed by atoms with Crippen LogP contribution >= 0.6 is 0 Å². The van der Waals surface area contributed by atoms with Crippen LogP contribution in [0.25, 0.3) is 0 Å². The van der Waals surface area contributed by atoms with E-state index in [-0.39, 0.29) is 13.0 Å². The molecular formula is C13H18N4O5. The van der Waals surface area contributed by atoms with Crippen LogP contribution in [0.15, 0.2) is 12.2 Å². The molecule has 0 radical (unpaired) electrons. The maximum absolute atomic E-state index is 11.7. The van der Waals surface area contributed by atoms with E-state index < -0.39 is 41.6 Å². The minimum atomic E-state index is -0.877. The van der Waals surface area contributed by atoms with Crippen LogP contribution in [0, 0.1) is 0 Å². The molecule has 2 atom stereocenters. The zero-order valence-electron chi connectivity index (χ0n) is 12.3. The summed E-state index contributed by atoms with van der Waals surface area (Å²) < 4.78 is 0. The smallest absolute Gasteiger partial charge is 0.253 e. The molecule has 0 spiro atoms. The van der Waals surface area contributed by atoms with Gasteiger partial charge in [-0.1, -0.05) is 0 Å². The van der Waals surface area contributed by atoms with Gasteiger partial charge in [0.2, 0.25) is 17.7 Å². The number of primary amides is 1. The first-order valence-corrected chi connectivity index (χ1v) is 6.65. The lowest BCUT2D eigenvalue weighted by Crippen LogP contribution is -2.51. The van der Waals surface area contributed by atoms with Gasteiger partial charge >= 0.3 is 0 Å². The average molecular weight is 310 g/mol. The van der Waals surface area contributed by atoms with Crippen LogP contribution in [0.3, 0.4) is 0 Å². The van der Waals surface area contributed by atoms with Gasteiger partial charge in [0, 0.05) is 25.1 Å². The fourth-order valence-corrected chi connectivity index (χ4v) is 1.65. The predicted octanol–water partition coefficient (Wildman–Crippen LogP) is -2.20. The zero-order valence-corrected chi connectivity index (χ0v) is 12.3. The number of amides is 5. The summed E-state index contributed by atoms with van der Waals surface area (Å²) in [6, 6.07) is -1.73. The standard InChI is InChI=1S/C13H18N4O5/c1-7(12(14)21)16-13(22)8(2)15-9(18)5-6-17-10(19)3-4-11(17)20/h3-4,7-8H,5-6H2,1-2H3,(H2,14,21)(H,15,18)(H,16,22)/t7?,8-/m0/s1. The third-order valence-corrected chi connectivity index (χ3v) is 3.02. The van der Waals surface area contributed by atoms with Crippen LogP contribution in [0.5, 0.6) is 0 Å². The lowest BCUT2D eigenvalue weighted by molar-refractivity contribution is -0.137. The van der Waals surface area contributed by atoms with E-state index in [9.17, 15) is 24.0 Å². The van der Waals surface area contributed by atoms with Gasteiger partial charge in [-0.25, -0.2) is 0 Å². The molecule has 1 aliphatic rings. The van der Waals surface area contributed by atoms with Gasteiger partial charge in [-0.2, -0.15) is 0 Å². The van der Waals surface area contributed by atoms with Crippen molar-refractivity contribution in [3.63, 3.8) is 0 Å². The number of hydrogen-bond acceptors (Lipinski definition) is 5. The zero-order chi connectivity index (χ0) is 16.9. The Hall–Kier alpha value is -2.71. The molecule has 22 heavy (non-hydrogen) atoms. The fraction of sp³-hybridized carbons (Fsp3) is 0.462. The summed E-state index contributed by atoms with van der Waals surface area (Å²) in [4.78, 5) is 57.7. The summed E-state index contributed by atoms with van der Waals surface area (Å²) in [6.45, 7) is 2.80. The highest BCUT2D eigenvalue weighted by Crippen LogP contribution is 2.04. The van der Waals surface area contributed by atoms with Gasteiger partial charge in [0.05, 0.1) is 0 Å². The van der Waals surface area contributed by atoms with Crippen molar-refractivity contribution in [3.05, 3.63) is 12.2 Å². The highest BCUT2D eigenvalue weighted by molar-refractivity contribution is 6.13. The van der Waals surface area contributed by atoms with Crippen LogP contribution < -0.4 is 16.4 Å². The second-order valence-electron chi connectivity index (χ2n) is 4.83. The number of nitrogens with zero attached hydrogens (tertiary/aromatic N) is 1. The molecule has 0 saturated heterocycles. The van der Waals surface area contributed by atoms with Crippen molar-refractivity contribution in [2.45, 2.75) is 32.4 Å².